The maximum absolute atomic E-state index is 5.95. The molecule has 0 aromatic carbocycles. The van der Waals surface area contributed by atoms with E-state index in [1.165, 1.54) is 37.8 Å². The molecule has 1 saturated carbocycles. The quantitative estimate of drug-likeness (QED) is 0.907. The summed E-state index contributed by atoms with van der Waals surface area (Å²) < 4.78 is 7.72. The second-order valence-electron chi connectivity index (χ2n) is 6.26. The standard InChI is InChI=1S/C15H25N3O/c16-11-15(7-9-19-12-15)10-13-6-8-18(17-13)14-4-2-1-3-5-14/h6,8,14H,1-5,7,9-12,16H2. The van der Waals surface area contributed by atoms with E-state index in [2.05, 4.69) is 16.9 Å². The number of rotatable bonds is 4. The lowest BCUT2D eigenvalue weighted by atomic mass is 9.83. The average Bonchev–Trinajstić information content (AvgIpc) is 3.10. The minimum Gasteiger partial charge on any atom is -0.381 e. The highest BCUT2D eigenvalue weighted by molar-refractivity contribution is 5.05. The van der Waals surface area contributed by atoms with Crippen molar-refractivity contribution in [1.29, 1.82) is 0 Å². The van der Waals surface area contributed by atoms with Gasteiger partial charge in [-0.05, 0) is 25.3 Å². The molecule has 2 fully saturated rings. The number of aromatic nitrogens is 2. The molecule has 2 aliphatic rings. The highest BCUT2D eigenvalue weighted by Gasteiger charge is 2.34. The SMILES string of the molecule is NCC1(Cc2ccn(C3CCCCC3)n2)CCOC1. The van der Waals surface area contributed by atoms with Crippen molar-refractivity contribution in [2.45, 2.75) is 51.0 Å². The van der Waals surface area contributed by atoms with Crippen LogP contribution in [0.5, 0.6) is 0 Å². The molecule has 1 aromatic heterocycles. The molecule has 2 N–H and O–H groups in total. The van der Waals surface area contributed by atoms with E-state index in [9.17, 15) is 0 Å². The van der Waals surface area contributed by atoms with Crippen molar-refractivity contribution in [1.82, 2.24) is 9.78 Å². The van der Waals surface area contributed by atoms with Crippen molar-refractivity contribution in [3.05, 3.63) is 18.0 Å². The van der Waals surface area contributed by atoms with Gasteiger partial charge in [0.1, 0.15) is 0 Å². The van der Waals surface area contributed by atoms with Gasteiger partial charge in [-0.2, -0.15) is 5.10 Å². The van der Waals surface area contributed by atoms with Crippen molar-refractivity contribution < 1.29 is 4.74 Å². The topological polar surface area (TPSA) is 53.1 Å². The molecule has 0 amide bonds. The number of ether oxygens (including phenoxy) is 1. The number of nitrogens with zero attached hydrogens (tertiary/aromatic N) is 2. The lowest BCUT2D eigenvalue weighted by molar-refractivity contribution is 0.154. The molecular weight excluding hydrogens is 238 g/mol. The number of hydrogen-bond donors (Lipinski definition) is 1. The lowest BCUT2D eigenvalue weighted by Crippen LogP contribution is -2.33. The maximum atomic E-state index is 5.95. The summed E-state index contributed by atoms with van der Waals surface area (Å²) in [5.74, 6) is 0. The van der Waals surface area contributed by atoms with Crippen molar-refractivity contribution in [2.24, 2.45) is 11.1 Å². The molecular formula is C15H25N3O. The molecule has 4 heteroatoms. The molecule has 0 spiro atoms. The third kappa shape index (κ3) is 2.84. The Labute approximate surface area is 115 Å². The molecule has 4 nitrogen and oxygen atoms in total. The van der Waals surface area contributed by atoms with Crippen LogP contribution >= 0.6 is 0 Å². The van der Waals surface area contributed by atoms with Gasteiger partial charge in [-0.25, -0.2) is 0 Å². The highest BCUT2D eigenvalue weighted by Crippen LogP contribution is 2.32. The van der Waals surface area contributed by atoms with Gasteiger partial charge in [-0.3, -0.25) is 4.68 Å². The summed E-state index contributed by atoms with van der Waals surface area (Å²) in [5.41, 5.74) is 7.26. The van der Waals surface area contributed by atoms with E-state index in [4.69, 9.17) is 15.6 Å². The second-order valence-corrected chi connectivity index (χ2v) is 6.26. The van der Waals surface area contributed by atoms with Gasteiger partial charge in [0.05, 0.1) is 18.3 Å². The first kappa shape index (κ1) is 13.1. The maximum Gasteiger partial charge on any atom is 0.0631 e. The third-order valence-corrected chi connectivity index (χ3v) is 4.79. The first-order chi connectivity index (χ1) is 9.31. The molecule has 2 heterocycles. The predicted molar refractivity (Wildman–Crippen MR) is 75.0 cm³/mol. The molecule has 3 rings (SSSR count). The molecule has 0 bridgehead atoms. The van der Waals surface area contributed by atoms with Gasteiger partial charge in [0.15, 0.2) is 0 Å². The van der Waals surface area contributed by atoms with E-state index < -0.39 is 0 Å². The second kappa shape index (κ2) is 5.63. The summed E-state index contributed by atoms with van der Waals surface area (Å²) in [5, 5.41) is 4.80. The largest absolute Gasteiger partial charge is 0.381 e. The molecule has 1 aliphatic carbocycles. The van der Waals surface area contributed by atoms with E-state index in [1.54, 1.807) is 0 Å². The fourth-order valence-electron chi connectivity index (χ4n) is 3.43. The van der Waals surface area contributed by atoms with Crippen molar-refractivity contribution in [3.63, 3.8) is 0 Å². The van der Waals surface area contributed by atoms with Crippen molar-refractivity contribution in [2.75, 3.05) is 19.8 Å². The monoisotopic (exact) mass is 263 g/mol. The van der Waals surface area contributed by atoms with Crippen LogP contribution in [0.25, 0.3) is 0 Å². The van der Waals surface area contributed by atoms with E-state index in [0.717, 1.165) is 26.1 Å². The average molecular weight is 263 g/mol. The molecule has 1 atom stereocenters. The summed E-state index contributed by atoms with van der Waals surface area (Å²) in [6.45, 7) is 2.34. The predicted octanol–water partition coefficient (Wildman–Crippen LogP) is 2.30. The first-order valence-electron chi connectivity index (χ1n) is 7.63. The fraction of sp³-hybridized carbons (Fsp3) is 0.800. The van der Waals surface area contributed by atoms with Gasteiger partial charge in [0, 0.05) is 31.2 Å². The van der Waals surface area contributed by atoms with Gasteiger partial charge in [0.25, 0.3) is 0 Å². The van der Waals surface area contributed by atoms with Crippen molar-refractivity contribution >= 4 is 0 Å². The zero-order valence-corrected chi connectivity index (χ0v) is 11.7. The Morgan fingerprint density at radius 1 is 1.37 bits per heavy atom. The lowest BCUT2D eigenvalue weighted by Gasteiger charge is -2.24. The number of nitrogens with two attached hydrogens (primary N) is 1. The van der Waals surface area contributed by atoms with Gasteiger partial charge in [0.2, 0.25) is 0 Å². The van der Waals surface area contributed by atoms with Gasteiger partial charge in [-0.1, -0.05) is 19.3 Å². The van der Waals surface area contributed by atoms with Crippen LogP contribution in [0.15, 0.2) is 12.3 Å². The molecule has 19 heavy (non-hydrogen) atoms. The van der Waals surface area contributed by atoms with E-state index in [-0.39, 0.29) is 5.41 Å². The van der Waals surface area contributed by atoms with Crippen LogP contribution in [-0.2, 0) is 11.2 Å². The summed E-state index contributed by atoms with van der Waals surface area (Å²) in [6, 6.07) is 2.79. The Hall–Kier alpha value is -0.870. The van der Waals surface area contributed by atoms with E-state index >= 15 is 0 Å². The Morgan fingerprint density at radius 3 is 2.89 bits per heavy atom. The minimum atomic E-state index is 0.131. The summed E-state index contributed by atoms with van der Waals surface area (Å²) >= 11 is 0. The highest BCUT2D eigenvalue weighted by atomic mass is 16.5. The first-order valence-corrected chi connectivity index (χ1v) is 7.63. The molecule has 1 unspecified atom stereocenters. The van der Waals surface area contributed by atoms with Crippen LogP contribution in [0.3, 0.4) is 0 Å². The summed E-state index contributed by atoms with van der Waals surface area (Å²) in [6.07, 6.45) is 10.8. The van der Waals surface area contributed by atoms with Gasteiger partial charge in [-0.15, -0.1) is 0 Å². The van der Waals surface area contributed by atoms with Crippen LogP contribution in [0, 0.1) is 5.41 Å². The Kier molecular flexibility index (Phi) is 3.89. The molecule has 1 aliphatic heterocycles. The van der Waals surface area contributed by atoms with Crippen LogP contribution in [0.4, 0.5) is 0 Å². The zero-order chi connectivity index (χ0) is 13.1. The smallest absolute Gasteiger partial charge is 0.0631 e. The summed E-state index contributed by atoms with van der Waals surface area (Å²) in [7, 11) is 0. The molecule has 1 aromatic rings. The zero-order valence-electron chi connectivity index (χ0n) is 11.7. The van der Waals surface area contributed by atoms with Crippen LogP contribution < -0.4 is 5.73 Å². The normalized spacial score (nSPS) is 28.9. The molecule has 1 saturated heterocycles. The molecule has 0 radical (unpaired) electrons. The Bertz CT molecular complexity index is 403. The Balaban J connectivity index is 1.67. The third-order valence-electron chi connectivity index (χ3n) is 4.79. The van der Waals surface area contributed by atoms with Crippen LogP contribution in [-0.4, -0.2) is 29.5 Å². The van der Waals surface area contributed by atoms with E-state index in [1.807, 2.05) is 0 Å². The van der Waals surface area contributed by atoms with Gasteiger partial charge < -0.3 is 10.5 Å². The van der Waals surface area contributed by atoms with E-state index in [0.29, 0.717) is 12.6 Å². The Morgan fingerprint density at radius 2 is 2.21 bits per heavy atom. The number of hydrogen-bond acceptors (Lipinski definition) is 3. The van der Waals surface area contributed by atoms with Crippen LogP contribution in [0.1, 0.15) is 50.3 Å². The summed E-state index contributed by atoms with van der Waals surface area (Å²) in [4.78, 5) is 0. The molecule has 106 valence electrons. The van der Waals surface area contributed by atoms with Crippen molar-refractivity contribution in [3.8, 4) is 0 Å². The fourth-order valence-corrected chi connectivity index (χ4v) is 3.43. The van der Waals surface area contributed by atoms with Crippen LogP contribution in [0.2, 0.25) is 0 Å². The minimum absolute atomic E-state index is 0.131. The van der Waals surface area contributed by atoms with Gasteiger partial charge >= 0.3 is 0 Å².